The van der Waals surface area contributed by atoms with Crippen LogP contribution in [0, 0.1) is 16.7 Å². The number of ether oxygens (including phenoxy) is 3. The molecule has 3 aliphatic rings. The van der Waals surface area contributed by atoms with Crippen molar-refractivity contribution >= 4 is 0 Å². The zero-order valence-corrected chi connectivity index (χ0v) is 10.6. The number of hydrogen-bond donors (Lipinski definition) is 0. The van der Waals surface area contributed by atoms with Crippen molar-refractivity contribution in [1.29, 1.82) is 5.26 Å². The molecule has 0 unspecified atom stereocenters. The third kappa shape index (κ3) is 1.26. The molecule has 0 bridgehead atoms. The zero-order valence-electron chi connectivity index (χ0n) is 10.6. The Bertz CT molecular complexity index is 567. The Hall–Kier alpha value is -1.73. The van der Waals surface area contributed by atoms with Crippen LogP contribution in [0.2, 0.25) is 0 Å². The van der Waals surface area contributed by atoms with Crippen LogP contribution in [-0.4, -0.2) is 20.0 Å². The molecule has 1 aromatic carbocycles. The van der Waals surface area contributed by atoms with Gasteiger partial charge in [-0.25, -0.2) is 0 Å². The Morgan fingerprint density at radius 3 is 2.47 bits per heavy atom. The maximum absolute atomic E-state index is 9.63. The van der Waals surface area contributed by atoms with Crippen LogP contribution >= 0.6 is 0 Å². The molecule has 0 radical (unpaired) electrons. The van der Waals surface area contributed by atoms with Crippen molar-refractivity contribution in [2.24, 2.45) is 5.41 Å². The van der Waals surface area contributed by atoms with Crippen LogP contribution in [0.15, 0.2) is 18.2 Å². The maximum Gasteiger partial charge on any atom is 0.231 e. The lowest BCUT2D eigenvalue weighted by Crippen LogP contribution is -2.61. The van der Waals surface area contributed by atoms with Crippen LogP contribution in [0.5, 0.6) is 11.5 Å². The topological polar surface area (TPSA) is 51.5 Å². The molecule has 0 atom stereocenters. The SMILES string of the molecule is N#CC1(C2(c3ccc4c(c3)OCO4)COC2)CCC1. The fourth-order valence-electron chi connectivity index (χ4n) is 3.45. The summed E-state index contributed by atoms with van der Waals surface area (Å²) >= 11 is 0. The van der Waals surface area contributed by atoms with Crippen molar-refractivity contribution in [3.8, 4) is 17.6 Å². The number of nitriles is 1. The molecule has 2 aliphatic heterocycles. The number of benzene rings is 1. The molecule has 1 saturated heterocycles. The van der Waals surface area contributed by atoms with Crippen LogP contribution in [0.4, 0.5) is 0 Å². The quantitative estimate of drug-likeness (QED) is 0.816. The van der Waals surface area contributed by atoms with Gasteiger partial charge in [-0.1, -0.05) is 12.5 Å². The summed E-state index contributed by atoms with van der Waals surface area (Å²) in [5, 5.41) is 9.63. The smallest absolute Gasteiger partial charge is 0.231 e. The Balaban J connectivity index is 1.79. The second-order valence-electron chi connectivity index (χ2n) is 5.69. The van der Waals surface area contributed by atoms with Crippen molar-refractivity contribution in [1.82, 2.24) is 0 Å². The molecule has 4 nitrogen and oxygen atoms in total. The molecule has 4 rings (SSSR count). The normalized spacial score (nSPS) is 25.0. The average molecular weight is 257 g/mol. The minimum absolute atomic E-state index is 0.152. The van der Waals surface area contributed by atoms with E-state index in [0.717, 1.165) is 36.3 Å². The molecule has 0 aromatic heterocycles. The summed E-state index contributed by atoms with van der Waals surface area (Å²) in [5.41, 5.74) is 0.754. The largest absolute Gasteiger partial charge is 0.454 e. The lowest BCUT2D eigenvalue weighted by molar-refractivity contribution is -0.134. The standard InChI is InChI=1S/C15H15NO3/c16-7-14(4-1-5-14)15(8-17-9-15)11-2-3-12-13(6-11)19-10-18-12/h2-3,6H,1,4-5,8-10H2. The molecule has 0 spiro atoms. The summed E-state index contributed by atoms with van der Waals surface area (Å²) in [5.74, 6) is 1.58. The second-order valence-corrected chi connectivity index (χ2v) is 5.69. The Morgan fingerprint density at radius 1 is 1.11 bits per heavy atom. The van der Waals surface area contributed by atoms with Gasteiger partial charge in [-0.05, 0) is 30.5 Å². The van der Waals surface area contributed by atoms with Gasteiger partial charge in [0.2, 0.25) is 6.79 Å². The van der Waals surface area contributed by atoms with Crippen molar-refractivity contribution in [2.75, 3.05) is 20.0 Å². The van der Waals surface area contributed by atoms with E-state index >= 15 is 0 Å². The molecule has 19 heavy (non-hydrogen) atoms. The fraction of sp³-hybridized carbons (Fsp3) is 0.533. The summed E-state index contributed by atoms with van der Waals surface area (Å²) in [7, 11) is 0. The Morgan fingerprint density at radius 2 is 1.89 bits per heavy atom. The first-order valence-corrected chi connectivity index (χ1v) is 6.69. The van der Waals surface area contributed by atoms with Gasteiger partial charge in [0.1, 0.15) is 0 Å². The lowest BCUT2D eigenvalue weighted by Gasteiger charge is -2.56. The molecule has 1 aliphatic carbocycles. The molecule has 1 saturated carbocycles. The summed E-state index contributed by atoms with van der Waals surface area (Å²) in [6.07, 6.45) is 3.09. The summed E-state index contributed by atoms with van der Waals surface area (Å²) in [6, 6.07) is 8.61. The number of nitrogens with zero attached hydrogens (tertiary/aromatic N) is 1. The highest BCUT2D eigenvalue weighted by Gasteiger charge is 2.60. The molecule has 4 heteroatoms. The van der Waals surface area contributed by atoms with E-state index in [2.05, 4.69) is 12.1 Å². The van der Waals surface area contributed by atoms with E-state index in [9.17, 15) is 5.26 Å². The summed E-state index contributed by atoms with van der Waals surface area (Å²) < 4.78 is 16.3. The first-order chi connectivity index (χ1) is 9.30. The van der Waals surface area contributed by atoms with Crippen LogP contribution in [0.25, 0.3) is 0 Å². The number of fused-ring (bicyclic) bond motifs is 1. The summed E-state index contributed by atoms with van der Waals surface area (Å²) in [4.78, 5) is 0. The molecule has 2 heterocycles. The van der Waals surface area contributed by atoms with Gasteiger partial charge in [-0.15, -0.1) is 0 Å². The molecule has 0 N–H and O–H groups in total. The highest BCUT2D eigenvalue weighted by molar-refractivity contribution is 5.49. The third-order valence-electron chi connectivity index (χ3n) is 4.96. The first kappa shape index (κ1) is 11.1. The molecule has 98 valence electrons. The van der Waals surface area contributed by atoms with Crippen molar-refractivity contribution in [3.63, 3.8) is 0 Å². The van der Waals surface area contributed by atoms with Gasteiger partial charge < -0.3 is 14.2 Å². The first-order valence-electron chi connectivity index (χ1n) is 6.69. The van der Waals surface area contributed by atoms with Crippen molar-refractivity contribution < 1.29 is 14.2 Å². The molecule has 2 fully saturated rings. The predicted octanol–water partition coefficient (Wildman–Crippen LogP) is 2.38. The minimum atomic E-state index is -0.251. The molecule has 1 aromatic rings. The monoisotopic (exact) mass is 257 g/mol. The molecular formula is C15H15NO3. The minimum Gasteiger partial charge on any atom is -0.454 e. The van der Waals surface area contributed by atoms with E-state index < -0.39 is 0 Å². The Kier molecular flexibility index (Phi) is 2.13. The Labute approximate surface area is 111 Å². The number of rotatable bonds is 2. The highest BCUT2D eigenvalue weighted by atomic mass is 16.7. The maximum atomic E-state index is 9.63. The van der Waals surface area contributed by atoms with Gasteiger partial charge >= 0.3 is 0 Å². The van der Waals surface area contributed by atoms with E-state index in [1.807, 2.05) is 12.1 Å². The summed E-state index contributed by atoms with van der Waals surface area (Å²) in [6.45, 7) is 1.56. The van der Waals surface area contributed by atoms with E-state index in [4.69, 9.17) is 14.2 Å². The van der Waals surface area contributed by atoms with E-state index in [1.165, 1.54) is 0 Å². The number of hydrogen-bond acceptors (Lipinski definition) is 4. The van der Waals surface area contributed by atoms with Crippen LogP contribution in [-0.2, 0) is 10.2 Å². The van der Waals surface area contributed by atoms with Crippen molar-refractivity contribution in [3.05, 3.63) is 23.8 Å². The third-order valence-corrected chi connectivity index (χ3v) is 4.96. The zero-order chi connectivity index (χ0) is 12.9. The predicted molar refractivity (Wildman–Crippen MR) is 67.0 cm³/mol. The average Bonchev–Trinajstić information content (AvgIpc) is 2.78. The van der Waals surface area contributed by atoms with Gasteiger partial charge in [-0.2, -0.15) is 5.26 Å². The van der Waals surface area contributed by atoms with Gasteiger partial charge in [0, 0.05) is 0 Å². The van der Waals surface area contributed by atoms with Gasteiger partial charge in [0.25, 0.3) is 0 Å². The van der Waals surface area contributed by atoms with E-state index in [0.29, 0.717) is 13.2 Å². The van der Waals surface area contributed by atoms with Crippen molar-refractivity contribution in [2.45, 2.75) is 24.7 Å². The van der Waals surface area contributed by atoms with Gasteiger partial charge in [0.05, 0.1) is 30.1 Å². The van der Waals surface area contributed by atoms with Crippen LogP contribution in [0.1, 0.15) is 24.8 Å². The fourth-order valence-corrected chi connectivity index (χ4v) is 3.45. The van der Waals surface area contributed by atoms with E-state index in [-0.39, 0.29) is 17.6 Å². The molecular weight excluding hydrogens is 242 g/mol. The lowest BCUT2D eigenvalue weighted by atomic mass is 9.50. The van der Waals surface area contributed by atoms with E-state index in [1.54, 1.807) is 0 Å². The van der Waals surface area contributed by atoms with Gasteiger partial charge in [0.15, 0.2) is 11.5 Å². The second kappa shape index (κ2) is 3.64. The van der Waals surface area contributed by atoms with Crippen LogP contribution in [0.3, 0.4) is 0 Å². The van der Waals surface area contributed by atoms with Crippen LogP contribution < -0.4 is 9.47 Å². The molecule has 0 amide bonds. The van der Waals surface area contributed by atoms with Gasteiger partial charge in [-0.3, -0.25) is 0 Å². The highest BCUT2D eigenvalue weighted by Crippen LogP contribution is 2.58.